The summed E-state index contributed by atoms with van der Waals surface area (Å²) in [5, 5.41) is 0. The van der Waals surface area contributed by atoms with E-state index in [1.54, 1.807) is 16.9 Å². The van der Waals surface area contributed by atoms with Crippen LogP contribution in [0.25, 0.3) is 0 Å². The van der Waals surface area contributed by atoms with E-state index in [0.717, 1.165) is 36.6 Å². The zero-order chi connectivity index (χ0) is 19.5. The summed E-state index contributed by atoms with van der Waals surface area (Å²) < 4.78 is 5.20. The third-order valence-electron chi connectivity index (χ3n) is 5.56. The molecule has 0 atom stereocenters. The van der Waals surface area contributed by atoms with E-state index in [1.807, 2.05) is 48.5 Å². The van der Waals surface area contributed by atoms with Gasteiger partial charge in [-0.15, -0.1) is 0 Å². The van der Waals surface area contributed by atoms with Gasteiger partial charge in [0.15, 0.2) is 0 Å². The minimum absolute atomic E-state index is 0.0587. The first-order valence-electron chi connectivity index (χ1n) is 9.71. The highest BCUT2D eigenvalue weighted by molar-refractivity contribution is 6.06. The molecule has 2 aromatic rings. The number of benzene rings is 2. The summed E-state index contributed by atoms with van der Waals surface area (Å²) in [6.07, 6.45) is 0.799. The number of ether oxygens (including phenoxy) is 1. The second-order valence-corrected chi connectivity index (χ2v) is 7.17. The number of hydrogen-bond donors (Lipinski definition) is 0. The molecule has 146 valence electrons. The number of nitrogens with zero attached hydrogens (tertiary/aromatic N) is 3. The molecule has 0 radical (unpaired) electrons. The van der Waals surface area contributed by atoms with E-state index in [1.165, 1.54) is 5.56 Å². The van der Waals surface area contributed by atoms with E-state index in [2.05, 4.69) is 4.90 Å². The van der Waals surface area contributed by atoms with Crippen LogP contribution in [0.4, 0.5) is 11.4 Å². The van der Waals surface area contributed by atoms with Crippen molar-refractivity contribution >= 4 is 23.2 Å². The Bertz CT molecular complexity index is 858. The standard InChI is InChI=1S/C22H25N3O3/c1-28-19-8-6-18(7-9-19)23-12-14-24(15-13-23)21(26)16-22(27)25-11-10-17-4-2-3-5-20(17)25/h2-9H,10-16H2,1H3. The molecule has 2 aliphatic rings. The number of para-hydroxylation sites is 1. The summed E-state index contributed by atoms with van der Waals surface area (Å²) in [7, 11) is 1.65. The number of methoxy groups -OCH3 is 1. The van der Waals surface area contributed by atoms with Crippen molar-refractivity contribution in [2.45, 2.75) is 12.8 Å². The van der Waals surface area contributed by atoms with Gasteiger partial charge in [-0.25, -0.2) is 0 Å². The second kappa shape index (κ2) is 7.92. The molecule has 6 nitrogen and oxygen atoms in total. The lowest BCUT2D eigenvalue weighted by Gasteiger charge is -2.36. The Morgan fingerprint density at radius 1 is 0.893 bits per heavy atom. The molecule has 1 saturated heterocycles. The molecule has 0 unspecified atom stereocenters. The van der Waals surface area contributed by atoms with Crippen molar-refractivity contribution in [1.82, 2.24) is 4.90 Å². The number of fused-ring (bicyclic) bond motifs is 1. The molecule has 0 N–H and O–H groups in total. The van der Waals surface area contributed by atoms with E-state index in [4.69, 9.17) is 4.74 Å². The Balaban J connectivity index is 1.31. The largest absolute Gasteiger partial charge is 0.497 e. The average molecular weight is 379 g/mol. The van der Waals surface area contributed by atoms with Gasteiger partial charge in [-0.2, -0.15) is 0 Å². The molecule has 2 aromatic carbocycles. The van der Waals surface area contributed by atoms with Crippen LogP contribution in [0, 0.1) is 0 Å². The van der Waals surface area contributed by atoms with Gasteiger partial charge in [-0.1, -0.05) is 18.2 Å². The van der Waals surface area contributed by atoms with E-state index in [-0.39, 0.29) is 18.2 Å². The predicted octanol–water partition coefficient (Wildman–Crippen LogP) is 2.32. The Kier molecular flexibility index (Phi) is 5.19. The molecule has 28 heavy (non-hydrogen) atoms. The Hall–Kier alpha value is -3.02. The molecule has 2 amide bonds. The average Bonchev–Trinajstić information content (AvgIpc) is 3.18. The zero-order valence-electron chi connectivity index (χ0n) is 16.1. The SMILES string of the molecule is COc1ccc(N2CCN(C(=O)CC(=O)N3CCc4ccccc43)CC2)cc1. The van der Waals surface area contributed by atoms with Crippen molar-refractivity contribution < 1.29 is 14.3 Å². The molecule has 4 rings (SSSR count). The summed E-state index contributed by atoms with van der Waals surface area (Å²) in [4.78, 5) is 31.1. The van der Waals surface area contributed by atoms with Gasteiger partial charge in [0.2, 0.25) is 11.8 Å². The highest BCUT2D eigenvalue weighted by Gasteiger charge is 2.28. The van der Waals surface area contributed by atoms with Crippen LogP contribution in [0.2, 0.25) is 0 Å². The fourth-order valence-corrected chi connectivity index (χ4v) is 3.94. The predicted molar refractivity (Wildman–Crippen MR) is 109 cm³/mol. The fourth-order valence-electron chi connectivity index (χ4n) is 3.94. The van der Waals surface area contributed by atoms with Crippen LogP contribution in [-0.4, -0.2) is 56.5 Å². The molecule has 0 spiro atoms. The maximum atomic E-state index is 12.7. The molecule has 6 heteroatoms. The van der Waals surface area contributed by atoms with E-state index in [9.17, 15) is 9.59 Å². The molecule has 0 aromatic heterocycles. The first-order valence-corrected chi connectivity index (χ1v) is 9.71. The number of carbonyl (C=O) groups is 2. The van der Waals surface area contributed by atoms with Crippen LogP contribution in [0.1, 0.15) is 12.0 Å². The van der Waals surface area contributed by atoms with Gasteiger partial charge in [0, 0.05) is 44.1 Å². The summed E-state index contributed by atoms with van der Waals surface area (Å²) in [6.45, 7) is 3.46. The molecular formula is C22H25N3O3. The molecule has 1 fully saturated rings. The van der Waals surface area contributed by atoms with Crippen LogP contribution >= 0.6 is 0 Å². The van der Waals surface area contributed by atoms with Gasteiger partial charge < -0.3 is 19.4 Å². The van der Waals surface area contributed by atoms with Crippen molar-refractivity contribution in [3.05, 3.63) is 54.1 Å². The van der Waals surface area contributed by atoms with Crippen LogP contribution in [-0.2, 0) is 16.0 Å². The minimum atomic E-state index is -0.104. The van der Waals surface area contributed by atoms with E-state index < -0.39 is 0 Å². The highest BCUT2D eigenvalue weighted by atomic mass is 16.5. The normalized spacial score (nSPS) is 16.1. The number of amides is 2. The van der Waals surface area contributed by atoms with Crippen molar-refractivity contribution in [2.24, 2.45) is 0 Å². The molecule has 0 aliphatic carbocycles. The van der Waals surface area contributed by atoms with Crippen molar-refractivity contribution in [3.63, 3.8) is 0 Å². The summed E-state index contributed by atoms with van der Waals surface area (Å²) in [6, 6.07) is 15.9. The van der Waals surface area contributed by atoms with E-state index in [0.29, 0.717) is 19.6 Å². The molecular weight excluding hydrogens is 354 g/mol. The highest BCUT2D eigenvalue weighted by Crippen LogP contribution is 2.28. The third kappa shape index (κ3) is 3.67. The maximum Gasteiger partial charge on any atom is 0.236 e. The van der Waals surface area contributed by atoms with Crippen molar-refractivity contribution in [3.8, 4) is 5.75 Å². The first kappa shape index (κ1) is 18.3. The topological polar surface area (TPSA) is 53.1 Å². The molecule has 0 saturated carbocycles. The van der Waals surface area contributed by atoms with Gasteiger partial charge in [0.1, 0.15) is 12.2 Å². The molecule has 0 bridgehead atoms. The molecule has 2 heterocycles. The summed E-state index contributed by atoms with van der Waals surface area (Å²) >= 11 is 0. The van der Waals surface area contributed by atoms with Gasteiger partial charge in [0.25, 0.3) is 0 Å². The Morgan fingerprint density at radius 2 is 1.61 bits per heavy atom. The molecule has 2 aliphatic heterocycles. The number of rotatable bonds is 4. The van der Waals surface area contributed by atoms with E-state index >= 15 is 0 Å². The number of anilines is 2. The zero-order valence-corrected chi connectivity index (χ0v) is 16.1. The van der Waals surface area contributed by atoms with Crippen LogP contribution < -0.4 is 14.5 Å². The number of hydrogen-bond acceptors (Lipinski definition) is 4. The lowest BCUT2D eigenvalue weighted by molar-refractivity contribution is -0.135. The van der Waals surface area contributed by atoms with Gasteiger partial charge in [-0.05, 0) is 42.3 Å². The van der Waals surface area contributed by atoms with Crippen molar-refractivity contribution in [2.75, 3.05) is 49.6 Å². The second-order valence-electron chi connectivity index (χ2n) is 7.17. The monoisotopic (exact) mass is 379 g/mol. The van der Waals surface area contributed by atoms with Gasteiger partial charge in [0.05, 0.1) is 7.11 Å². The van der Waals surface area contributed by atoms with Crippen LogP contribution in [0.3, 0.4) is 0 Å². The lowest BCUT2D eigenvalue weighted by Crippen LogP contribution is -2.49. The summed E-state index contributed by atoms with van der Waals surface area (Å²) in [5.74, 6) is 0.649. The maximum absolute atomic E-state index is 12.7. The van der Waals surface area contributed by atoms with Gasteiger partial charge >= 0.3 is 0 Å². The minimum Gasteiger partial charge on any atom is -0.497 e. The number of piperazine rings is 1. The van der Waals surface area contributed by atoms with Gasteiger partial charge in [-0.3, -0.25) is 9.59 Å². The first-order chi connectivity index (χ1) is 13.7. The van der Waals surface area contributed by atoms with Crippen molar-refractivity contribution in [1.29, 1.82) is 0 Å². The van der Waals surface area contributed by atoms with Crippen LogP contribution in [0.15, 0.2) is 48.5 Å². The Labute approximate surface area is 165 Å². The number of carbonyl (C=O) groups excluding carboxylic acids is 2. The van der Waals surface area contributed by atoms with Crippen LogP contribution in [0.5, 0.6) is 5.75 Å². The lowest BCUT2D eigenvalue weighted by atomic mass is 10.2. The quantitative estimate of drug-likeness (QED) is 0.765. The smallest absolute Gasteiger partial charge is 0.236 e. The third-order valence-corrected chi connectivity index (χ3v) is 5.56. The fraction of sp³-hybridized carbons (Fsp3) is 0.364. The summed E-state index contributed by atoms with van der Waals surface area (Å²) in [5.41, 5.74) is 3.25. The Morgan fingerprint density at radius 3 is 2.32 bits per heavy atom.